The maximum atomic E-state index is 15.9. The van der Waals surface area contributed by atoms with Gasteiger partial charge in [-0.15, -0.1) is 0 Å². The van der Waals surface area contributed by atoms with Crippen LogP contribution in [-0.2, 0) is 19.1 Å². The number of amides is 1. The van der Waals surface area contributed by atoms with Gasteiger partial charge in [-0.2, -0.15) is 0 Å². The quantitative estimate of drug-likeness (QED) is 0.323. The van der Waals surface area contributed by atoms with Crippen LogP contribution in [0.4, 0.5) is 4.39 Å². The van der Waals surface area contributed by atoms with E-state index in [1.165, 1.54) is 32.1 Å². The summed E-state index contributed by atoms with van der Waals surface area (Å²) in [6.07, 6.45) is 10.7. The maximum absolute atomic E-state index is 15.9. The summed E-state index contributed by atoms with van der Waals surface area (Å²) < 4.78 is 28.5. The summed E-state index contributed by atoms with van der Waals surface area (Å²) in [5.41, 5.74) is 0.208. The summed E-state index contributed by atoms with van der Waals surface area (Å²) >= 11 is 0. The Hall–Kier alpha value is -1.55. The lowest BCUT2D eigenvalue weighted by Gasteiger charge is -2.61. The first kappa shape index (κ1) is 29.5. The van der Waals surface area contributed by atoms with Crippen LogP contribution in [0.5, 0.6) is 0 Å². The topological polar surface area (TPSA) is 83.1 Å². The summed E-state index contributed by atoms with van der Waals surface area (Å²) in [4.78, 5) is 32.0. The van der Waals surface area contributed by atoms with Crippen LogP contribution in [0.3, 0.4) is 0 Å². The lowest BCUT2D eigenvalue weighted by Crippen LogP contribution is -2.73. The number of Topliss-reactive ketones (excluding diaryl/α,β-unsaturated/α-hetero) is 1. The van der Waals surface area contributed by atoms with Crippen molar-refractivity contribution in [2.45, 2.75) is 127 Å². The monoisotopic (exact) mass is 574 g/mol. The standard InChI is InChI=1S/C32H51FN4O4/c1-19(2)40-14-12-34-28-25(33)17-23-29-31(28)41-27-16-21-8-5-4-7-20(21)15-26(27)37(29)18-24(30(23)38)32(39)35-11-10-22-9-6-13-36(22)3/h18-23,25-29,31,34H,4-17H2,1-3H3,(H,35,39). The Morgan fingerprint density at radius 2 is 1.90 bits per heavy atom. The smallest absolute Gasteiger partial charge is 0.256 e. The summed E-state index contributed by atoms with van der Waals surface area (Å²) in [6.45, 7) is 6.67. The van der Waals surface area contributed by atoms with Crippen molar-refractivity contribution in [3.63, 3.8) is 0 Å². The number of ketones is 1. The Labute approximate surface area is 245 Å². The van der Waals surface area contributed by atoms with Crippen molar-refractivity contribution >= 4 is 11.7 Å². The van der Waals surface area contributed by atoms with Crippen LogP contribution >= 0.6 is 0 Å². The molecule has 41 heavy (non-hydrogen) atoms. The fourth-order valence-corrected chi connectivity index (χ4v) is 9.01. The van der Waals surface area contributed by atoms with Gasteiger partial charge in [-0.3, -0.25) is 9.59 Å². The van der Waals surface area contributed by atoms with Gasteiger partial charge in [-0.1, -0.05) is 25.7 Å². The molecule has 2 saturated heterocycles. The molecule has 8 nitrogen and oxygen atoms in total. The minimum Gasteiger partial charge on any atom is -0.377 e. The molecule has 2 N–H and O–H groups in total. The first-order chi connectivity index (χ1) is 19.8. The lowest BCUT2D eigenvalue weighted by atomic mass is 9.65. The van der Waals surface area contributed by atoms with E-state index in [4.69, 9.17) is 9.47 Å². The van der Waals surface area contributed by atoms with Crippen molar-refractivity contribution in [1.29, 1.82) is 0 Å². The third kappa shape index (κ3) is 5.98. The van der Waals surface area contributed by atoms with Crippen LogP contribution in [-0.4, -0.2) is 103 Å². The van der Waals surface area contributed by atoms with Gasteiger partial charge in [0.15, 0.2) is 5.78 Å². The van der Waals surface area contributed by atoms with Gasteiger partial charge in [0.05, 0.1) is 48.6 Å². The number of likely N-dealkylation sites (tertiary alicyclic amines) is 1. The van der Waals surface area contributed by atoms with E-state index in [1.807, 2.05) is 20.0 Å². The van der Waals surface area contributed by atoms with Crippen molar-refractivity contribution in [1.82, 2.24) is 20.4 Å². The molecule has 3 aliphatic heterocycles. The highest BCUT2D eigenvalue weighted by Crippen LogP contribution is 2.50. The van der Waals surface area contributed by atoms with Gasteiger partial charge in [-0.25, -0.2) is 4.39 Å². The fourth-order valence-electron chi connectivity index (χ4n) is 9.01. The van der Waals surface area contributed by atoms with Crippen LogP contribution < -0.4 is 10.6 Å². The molecule has 0 aromatic carbocycles. The van der Waals surface area contributed by atoms with E-state index in [2.05, 4.69) is 27.5 Å². The van der Waals surface area contributed by atoms with Crippen LogP contribution in [0, 0.1) is 17.8 Å². The third-order valence-electron chi connectivity index (χ3n) is 11.1. The molecule has 0 bridgehead atoms. The number of hydrogen-bond acceptors (Lipinski definition) is 7. The molecule has 0 aromatic heterocycles. The number of hydrogen-bond donors (Lipinski definition) is 2. The molecule has 10 unspecified atom stereocenters. The second kappa shape index (κ2) is 12.6. The van der Waals surface area contributed by atoms with Crippen molar-refractivity contribution in [2.24, 2.45) is 17.8 Å². The minimum absolute atomic E-state index is 0.00979. The molecule has 3 saturated carbocycles. The Morgan fingerprint density at radius 1 is 1.12 bits per heavy atom. The number of halogens is 1. The molecule has 6 rings (SSSR count). The van der Waals surface area contributed by atoms with Gasteiger partial charge < -0.3 is 29.9 Å². The van der Waals surface area contributed by atoms with Gasteiger partial charge in [0.2, 0.25) is 0 Å². The van der Waals surface area contributed by atoms with Crippen LogP contribution in [0.2, 0.25) is 0 Å². The summed E-state index contributed by atoms with van der Waals surface area (Å²) in [7, 11) is 2.13. The van der Waals surface area contributed by atoms with Gasteiger partial charge >= 0.3 is 0 Å². The number of nitrogens with zero attached hydrogens (tertiary/aromatic N) is 2. The van der Waals surface area contributed by atoms with E-state index in [1.54, 1.807) is 0 Å². The maximum Gasteiger partial charge on any atom is 0.256 e. The van der Waals surface area contributed by atoms with Crippen LogP contribution in [0.15, 0.2) is 11.8 Å². The Morgan fingerprint density at radius 3 is 2.63 bits per heavy atom. The number of carbonyl (C=O) groups is 2. The van der Waals surface area contributed by atoms with Gasteiger partial charge in [0, 0.05) is 31.2 Å². The Bertz CT molecular complexity index is 993. The van der Waals surface area contributed by atoms with Gasteiger partial charge in [0.1, 0.15) is 6.17 Å². The van der Waals surface area contributed by atoms with Crippen molar-refractivity contribution < 1.29 is 23.5 Å². The average molecular weight is 575 g/mol. The number of morpholine rings is 1. The molecule has 6 aliphatic rings. The molecule has 1 amide bonds. The molecule has 9 heteroatoms. The zero-order valence-corrected chi connectivity index (χ0v) is 25.2. The zero-order chi connectivity index (χ0) is 28.7. The molecular formula is C32H51FN4O4. The first-order valence-corrected chi connectivity index (χ1v) is 16.5. The van der Waals surface area contributed by atoms with E-state index in [-0.39, 0.29) is 48.0 Å². The van der Waals surface area contributed by atoms with Gasteiger partial charge in [0.25, 0.3) is 5.91 Å². The van der Waals surface area contributed by atoms with E-state index in [9.17, 15) is 9.59 Å². The molecule has 10 atom stereocenters. The van der Waals surface area contributed by atoms with Crippen molar-refractivity contribution in [2.75, 3.05) is 33.3 Å². The van der Waals surface area contributed by atoms with Crippen molar-refractivity contribution in [3.05, 3.63) is 11.8 Å². The molecule has 0 radical (unpaired) electrons. The molecule has 0 spiro atoms. The summed E-state index contributed by atoms with van der Waals surface area (Å²) in [6, 6.07) is -0.145. The normalized spacial score (nSPS) is 40.6. The number of rotatable bonds is 9. The molecule has 3 heterocycles. The second-order valence-corrected chi connectivity index (χ2v) is 13.9. The lowest BCUT2D eigenvalue weighted by molar-refractivity contribution is -0.208. The molecular weight excluding hydrogens is 523 g/mol. The highest BCUT2D eigenvalue weighted by Gasteiger charge is 2.59. The minimum atomic E-state index is -1.23. The fraction of sp³-hybridized carbons (Fsp3) is 0.875. The number of carbonyl (C=O) groups excluding carboxylic acids is 2. The van der Waals surface area contributed by atoms with Gasteiger partial charge in [-0.05, 0) is 77.8 Å². The molecule has 5 fully saturated rings. The van der Waals surface area contributed by atoms with Crippen LogP contribution in [0.25, 0.3) is 0 Å². The molecule has 0 aromatic rings. The number of ether oxygens (including phenoxy) is 2. The predicted octanol–water partition coefficient (Wildman–Crippen LogP) is 3.20. The largest absolute Gasteiger partial charge is 0.377 e. The average Bonchev–Trinajstić information content (AvgIpc) is 3.36. The number of alkyl halides is 1. The molecule has 230 valence electrons. The zero-order valence-electron chi connectivity index (χ0n) is 25.2. The van der Waals surface area contributed by atoms with E-state index in [0.717, 1.165) is 32.2 Å². The highest BCUT2D eigenvalue weighted by molar-refractivity contribution is 6.20. The van der Waals surface area contributed by atoms with E-state index >= 15 is 4.39 Å². The Balaban J connectivity index is 1.23. The second-order valence-electron chi connectivity index (χ2n) is 13.9. The highest BCUT2D eigenvalue weighted by atomic mass is 19.1. The third-order valence-corrected chi connectivity index (χ3v) is 11.1. The van der Waals surface area contributed by atoms with E-state index in [0.29, 0.717) is 37.6 Å². The van der Waals surface area contributed by atoms with Crippen LogP contribution in [0.1, 0.15) is 78.1 Å². The summed E-state index contributed by atoms with van der Waals surface area (Å²) in [5.74, 6) is 0.220. The predicted molar refractivity (Wildman–Crippen MR) is 155 cm³/mol. The van der Waals surface area contributed by atoms with Crippen molar-refractivity contribution in [3.8, 4) is 0 Å². The first-order valence-electron chi connectivity index (χ1n) is 16.5. The molecule has 3 aliphatic carbocycles. The summed E-state index contributed by atoms with van der Waals surface area (Å²) in [5, 5.41) is 6.45. The van der Waals surface area contributed by atoms with E-state index < -0.39 is 24.2 Å². The Kier molecular flexibility index (Phi) is 9.06. The number of fused-ring (bicyclic) bond motifs is 3. The SMILES string of the molecule is CC(C)OCCNC1C(F)CC2C(=O)C(C(=O)NCCC3CCCN3C)=CN3C4CC5CCCCC5CC4OC1C23. The number of nitrogens with one attached hydrogen (secondary N) is 2.